The molecular formula is C16H17ClN2O2. The van der Waals surface area contributed by atoms with Gasteiger partial charge < -0.3 is 0 Å². The third-order valence-electron chi connectivity index (χ3n) is 4.14. The van der Waals surface area contributed by atoms with Crippen molar-refractivity contribution >= 4 is 23.4 Å². The zero-order chi connectivity index (χ0) is 15.0. The van der Waals surface area contributed by atoms with Crippen molar-refractivity contribution in [1.82, 2.24) is 9.80 Å². The summed E-state index contributed by atoms with van der Waals surface area (Å²) in [7, 11) is 2.00. The molecule has 2 aliphatic rings. The Morgan fingerprint density at radius 1 is 1.24 bits per heavy atom. The van der Waals surface area contributed by atoms with Crippen LogP contribution in [0.1, 0.15) is 33.6 Å². The summed E-state index contributed by atoms with van der Waals surface area (Å²) in [6.07, 6.45) is 3.69. The fourth-order valence-electron chi connectivity index (χ4n) is 2.75. The van der Waals surface area contributed by atoms with E-state index in [4.69, 9.17) is 11.6 Å². The second-order valence-corrected chi connectivity index (χ2v) is 6.00. The van der Waals surface area contributed by atoms with E-state index in [0.29, 0.717) is 17.7 Å². The van der Waals surface area contributed by atoms with Gasteiger partial charge in [-0.15, -0.1) is 11.6 Å². The largest absolute Gasteiger partial charge is 0.290 e. The average molecular weight is 305 g/mol. The Bertz CT molecular complexity index is 591. The van der Waals surface area contributed by atoms with Crippen molar-refractivity contribution in [3.05, 3.63) is 47.0 Å². The van der Waals surface area contributed by atoms with E-state index in [1.165, 1.54) is 10.5 Å². The average Bonchev–Trinajstić information content (AvgIpc) is 2.73. The number of alkyl halides is 1. The minimum atomic E-state index is -0.206. The maximum Gasteiger partial charge on any atom is 0.261 e. The lowest BCUT2D eigenvalue weighted by molar-refractivity contribution is 0.0671. The second-order valence-electron chi connectivity index (χ2n) is 5.50. The highest BCUT2D eigenvalue weighted by Gasteiger charge is 2.34. The topological polar surface area (TPSA) is 40.6 Å². The Labute approximate surface area is 129 Å². The predicted octanol–water partition coefficient (Wildman–Crippen LogP) is 2.50. The van der Waals surface area contributed by atoms with Crippen molar-refractivity contribution in [2.24, 2.45) is 0 Å². The zero-order valence-electron chi connectivity index (χ0n) is 11.9. The number of carbonyl (C=O) groups excluding carboxylic acids is 2. The molecule has 0 radical (unpaired) electrons. The van der Waals surface area contributed by atoms with Crippen molar-refractivity contribution in [1.29, 1.82) is 0 Å². The number of rotatable bonds is 2. The Hall–Kier alpha value is -1.65. The van der Waals surface area contributed by atoms with Gasteiger partial charge in [0.2, 0.25) is 0 Å². The molecule has 2 amide bonds. The van der Waals surface area contributed by atoms with Crippen LogP contribution in [0.15, 0.2) is 35.9 Å². The maximum atomic E-state index is 12.2. The smallest absolute Gasteiger partial charge is 0.261 e. The normalized spacial score (nSPS) is 24.8. The minimum absolute atomic E-state index is 0.00724. The van der Waals surface area contributed by atoms with Gasteiger partial charge in [0.05, 0.1) is 16.6 Å². The summed E-state index contributed by atoms with van der Waals surface area (Å²) in [4.78, 5) is 27.9. The number of piperidine rings is 1. The van der Waals surface area contributed by atoms with Gasteiger partial charge in [0.25, 0.3) is 11.8 Å². The second kappa shape index (κ2) is 5.62. The molecule has 2 aliphatic heterocycles. The van der Waals surface area contributed by atoms with Gasteiger partial charge in [-0.05, 0) is 32.0 Å². The van der Waals surface area contributed by atoms with E-state index in [2.05, 4.69) is 4.90 Å². The fourth-order valence-corrected chi connectivity index (χ4v) is 3.04. The highest BCUT2D eigenvalue weighted by atomic mass is 35.5. The van der Waals surface area contributed by atoms with Gasteiger partial charge in [0.1, 0.15) is 0 Å². The first kappa shape index (κ1) is 14.3. The molecule has 1 aromatic rings. The van der Waals surface area contributed by atoms with Crippen LogP contribution < -0.4 is 0 Å². The van der Waals surface area contributed by atoms with Crippen LogP contribution in [0.5, 0.6) is 0 Å². The van der Waals surface area contributed by atoms with E-state index >= 15 is 0 Å². The fraction of sp³-hybridized carbons (Fsp3) is 0.375. The number of carbonyl (C=O) groups is 2. The van der Waals surface area contributed by atoms with Crippen molar-refractivity contribution in [3.8, 4) is 0 Å². The van der Waals surface area contributed by atoms with Crippen LogP contribution in [0.4, 0.5) is 0 Å². The molecule has 0 aliphatic carbocycles. The molecule has 2 heterocycles. The number of halogens is 1. The van der Waals surface area contributed by atoms with Gasteiger partial charge in [0.15, 0.2) is 0 Å². The SMILES string of the molecule is CN1CCC(=CCN2C(=O)c3ccccc3C2=O)CC1Cl. The highest BCUT2D eigenvalue weighted by molar-refractivity contribution is 6.21. The van der Waals surface area contributed by atoms with E-state index in [-0.39, 0.29) is 17.3 Å². The van der Waals surface area contributed by atoms with Crippen molar-refractivity contribution in [2.45, 2.75) is 18.3 Å². The Morgan fingerprint density at radius 2 is 1.86 bits per heavy atom. The van der Waals surface area contributed by atoms with Crippen molar-refractivity contribution in [3.63, 3.8) is 0 Å². The van der Waals surface area contributed by atoms with Gasteiger partial charge in [-0.25, -0.2) is 0 Å². The molecule has 5 heteroatoms. The first-order chi connectivity index (χ1) is 10.1. The van der Waals surface area contributed by atoms with Crippen molar-refractivity contribution < 1.29 is 9.59 Å². The number of hydrogen-bond donors (Lipinski definition) is 0. The van der Waals surface area contributed by atoms with Gasteiger partial charge >= 0.3 is 0 Å². The lowest BCUT2D eigenvalue weighted by Crippen LogP contribution is -2.34. The number of nitrogens with zero attached hydrogens (tertiary/aromatic N) is 2. The monoisotopic (exact) mass is 304 g/mol. The molecule has 21 heavy (non-hydrogen) atoms. The molecule has 1 atom stereocenters. The van der Waals surface area contributed by atoms with E-state index in [1.807, 2.05) is 13.1 Å². The zero-order valence-corrected chi connectivity index (χ0v) is 12.6. The summed E-state index contributed by atoms with van der Waals surface area (Å²) in [5.41, 5.74) is 2.20. The quantitative estimate of drug-likeness (QED) is 0.365. The minimum Gasteiger partial charge on any atom is -0.290 e. The molecule has 0 N–H and O–H groups in total. The summed E-state index contributed by atoms with van der Waals surface area (Å²) in [5, 5.41) is 0. The molecule has 1 saturated heterocycles. The van der Waals surface area contributed by atoms with Crippen LogP contribution in [-0.2, 0) is 0 Å². The summed E-state index contributed by atoms with van der Waals surface area (Å²) < 4.78 is 0. The molecule has 1 fully saturated rings. The summed E-state index contributed by atoms with van der Waals surface area (Å²) in [5.74, 6) is -0.411. The lowest BCUT2D eigenvalue weighted by atomic mass is 10.0. The summed E-state index contributed by atoms with van der Waals surface area (Å²) in [6, 6.07) is 6.96. The van der Waals surface area contributed by atoms with Gasteiger partial charge in [-0.3, -0.25) is 19.4 Å². The summed E-state index contributed by atoms with van der Waals surface area (Å²) >= 11 is 6.23. The molecular weight excluding hydrogens is 288 g/mol. The Balaban J connectivity index is 1.73. The van der Waals surface area contributed by atoms with Gasteiger partial charge in [-0.2, -0.15) is 0 Å². The van der Waals surface area contributed by atoms with Crippen LogP contribution in [0.25, 0.3) is 0 Å². The van der Waals surface area contributed by atoms with Crippen LogP contribution in [0.2, 0.25) is 0 Å². The molecule has 1 unspecified atom stereocenters. The Kier molecular flexibility index (Phi) is 3.83. The molecule has 0 spiro atoms. The molecule has 1 aromatic carbocycles. The number of imide groups is 1. The van der Waals surface area contributed by atoms with E-state index in [0.717, 1.165) is 19.4 Å². The molecule has 4 nitrogen and oxygen atoms in total. The Morgan fingerprint density at radius 3 is 2.43 bits per heavy atom. The third-order valence-corrected chi connectivity index (χ3v) is 4.62. The number of benzene rings is 1. The number of likely N-dealkylation sites (tertiary alicyclic amines) is 1. The number of fused-ring (bicyclic) bond motifs is 1. The van der Waals surface area contributed by atoms with Crippen LogP contribution >= 0.6 is 11.6 Å². The van der Waals surface area contributed by atoms with E-state index in [1.54, 1.807) is 24.3 Å². The third kappa shape index (κ3) is 2.61. The highest BCUT2D eigenvalue weighted by Crippen LogP contribution is 2.25. The molecule has 0 bridgehead atoms. The standard InChI is InChI=1S/C16H17ClN2O2/c1-18-8-6-11(10-14(18)17)7-9-19-15(20)12-4-2-3-5-13(12)16(19)21/h2-5,7,14H,6,8-10H2,1H3. The molecule has 110 valence electrons. The maximum absolute atomic E-state index is 12.2. The van der Waals surface area contributed by atoms with Gasteiger partial charge in [-0.1, -0.05) is 23.8 Å². The predicted molar refractivity (Wildman–Crippen MR) is 81.4 cm³/mol. The molecule has 0 saturated carbocycles. The van der Waals surface area contributed by atoms with Crippen molar-refractivity contribution in [2.75, 3.05) is 20.1 Å². The molecule has 3 rings (SSSR count). The first-order valence-corrected chi connectivity index (χ1v) is 7.49. The van der Waals surface area contributed by atoms with E-state index in [9.17, 15) is 9.59 Å². The first-order valence-electron chi connectivity index (χ1n) is 7.05. The van der Waals surface area contributed by atoms with Gasteiger partial charge in [0, 0.05) is 13.1 Å². The number of hydrogen-bond acceptors (Lipinski definition) is 3. The van der Waals surface area contributed by atoms with E-state index < -0.39 is 0 Å². The lowest BCUT2D eigenvalue weighted by Gasteiger charge is -2.29. The number of amides is 2. The van der Waals surface area contributed by atoms with Crippen LogP contribution in [-0.4, -0.2) is 47.3 Å². The van der Waals surface area contributed by atoms with Crippen LogP contribution in [0, 0.1) is 0 Å². The summed E-state index contributed by atoms with van der Waals surface area (Å²) in [6.45, 7) is 1.23. The van der Waals surface area contributed by atoms with Crippen LogP contribution in [0.3, 0.4) is 0 Å². The molecule has 0 aromatic heterocycles.